The first-order valence-electron chi connectivity index (χ1n) is 12.1. The molecule has 0 atom stereocenters. The maximum atomic E-state index is 11.7. The van der Waals surface area contributed by atoms with E-state index in [0.29, 0.717) is 20.7 Å². The van der Waals surface area contributed by atoms with Gasteiger partial charge in [-0.25, -0.2) is 9.68 Å². The molecule has 0 aromatic heterocycles. The smallest absolute Gasteiger partial charge is 0.448 e. The standard InChI is InChI=1S/2C12H14OS.CH2F2O6S2/c2*13-12(10-6-2-1-3-7-10)14-11-8-4-5-9-11;2-11(3,6,10)9-8-7-1(4)5/h2*1-3,6-7,11H,4-5,8-9H2;(H,4,5)(H,6,10)/p+2. The van der Waals surface area contributed by atoms with Crippen LogP contribution in [0, 0.1) is 0 Å². The van der Waals surface area contributed by atoms with Gasteiger partial charge in [-0.15, -0.1) is 0 Å². The summed E-state index contributed by atoms with van der Waals surface area (Å²) >= 11 is 6.42. The summed E-state index contributed by atoms with van der Waals surface area (Å²) in [6, 6.07) is 19.6. The zero-order valence-electron chi connectivity index (χ0n) is 20.9. The van der Waals surface area contributed by atoms with E-state index in [9.17, 15) is 22.2 Å². The molecule has 0 bridgehead atoms. The largest absolute Gasteiger partial charge is 0.540 e. The van der Waals surface area contributed by atoms with Gasteiger partial charge in [0.1, 0.15) is 0 Å². The minimum atomic E-state index is -6.48. The molecule has 2 aromatic carbocycles. The lowest BCUT2D eigenvalue weighted by molar-refractivity contribution is -0.439. The molecule has 0 radical (unpaired) electrons. The SMILES string of the molecule is O=C(O)OOOS(O)(F)(F)=S.[OH+]=C(SC1CCCC1)c1ccccc1.[OH+]=C(SC1CCCC1)c1ccccc1. The first-order chi connectivity index (χ1) is 18.4. The minimum absolute atomic E-state index is 0.484. The summed E-state index contributed by atoms with van der Waals surface area (Å²) in [7, 11) is -6.48. The van der Waals surface area contributed by atoms with Crippen molar-refractivity contribution in [3.63, 3.8) is 0 Å². The summed E-state index contributed by atoms with van der Waals surface area (Å²) in [5, 5.41) is 12.8. The molecule has 0 aliphatic heterocycles. The van der Waals surface area contributed by atoms with Crippen LogP contribution in [0.1, 0.15) is 62.5 Å². The normalized spacial score (nSPS) is 16.5. The van der Waals surface area contributed by atoms with Crippen LogP contribution in [0.4, 0.5) is 12.6 Å². The fourth-order valence-electron chi connectivity index (χ4n) is 3.71. The molecule has 216 valence electrons. The third-order valence-corrected chi connectivity index (χ3v) is 8.41. The molecule has 2 saturated carbocycles. The molecule has 8 nitrogen and oxygen atoms in total. The van der Waals surface area contributed by atoms with E-state index in [4.69, 9.17) is 9.66 Å². The fraction of sp³-hybridized carbons (Fsp3) is 0.400. The highest BCUT2D eigenvalue weighted by Crippen LogP contribution is 2.32. The van der Waals surface area contributed by atoms with E-state index in [-0.39, 0.29) is 0 Å². The maximum absolute atomic E-state index is 11.7. The van der Waals surface area contributed by atoms with Crippen LogP contribution in [0.3, 0.4) is 0 Å². The summed E-state index contributed by atoms with van der Waals surface area (Å²) in [4.78, 5) is 32.1. The Morgan fingerprint density at radius 3 is 1.49 bits per heavy atom. The topological polar surface area (TPSA) is 128 Å². The molecule has 2 aliphatic rings. The second kappa shape index (κ2) is 16.4. The van der Waals surface area contributed by atoms with Crippen molar-refractivity contribution < 1.29 is 46.1 Å². The lowest BCUT2D eigenvalue weighted by Crippen LogP contribution is -2.21. The predicted molar refractivity (Wildman–Crippen MR) is 156 cm³/mol. The highest BCUT2D eigenvalue weighted by Gasteiger charge is 2.25. The number of hydrogen-bond donors (Lipinski definition) is 2. The summed E-state index contributed by atoms with van der Waals surface area (Å²) < 4.78 is 34.0. The van der Waals surface area contributed by atoms with Gasteiger partial charge in [0, 0.05) is 15.5 Å². The average molecular weight is 627 g/mol. The van der Waals surface area contributed by atoms with Crippen LogP contribution in [0.25, 0.3) is 0 Å². The number of carbonyl (C=O) groups excluding carboxylic acids is 2. The van der Waals surface area contributed by atoms with Gasteiger partial charge in [0.2, 0.25) is 0 Å². The highest BCUT2D eigenvalue weighted by molar-refractivity contribution is 8.40. The molecule has 0 unspecified atom stereocenters. The van der Waals surface area contributed by atoms with Crippen molar-refractivity contribution in [1.29, 1.82) is 0 Å². The third kappa shape index (κ3) is 15.4. The Bertz CT molecular complexity index is 1040. The molecule has 2 aliphatic carbocycles. The Labute approximate surface area is 239 Å². The van der Waals surface area contributed by atoms with Gasteiger partial charge in [0.15, 0.2) is 0 Å². The molecule has 2 aromatic rings. The monoisotopic (exact) mass is 626 g/mol. The summed E-state index contributed by atoms with van der Waals surface area (Å²) in [5.74, 6) is 0. The Kier molecular flexibility index (Phi) is 14.0. The minimum Gasteiger partial charge on any atom is -0.448 e. The predicted octanol–water partition coefficient (Wildman–Crippen LogP) is 7.28. The van der Waals surface area contributed by atoms with Crippen LogP contribution in [0.5, 0.6) is 0 Å². The molecule has 4 rings (SSSR count). The van der Waals surface area contributed by atoms with Crippen molar-refractivity contribution in [2.24, 2.45) is 0 Å². The van der Waals surface area contributed by atoms with Gasteiger partial charge in [0.05, 0.1) is 31.4 Å². The van der Waals surface area contributed by atoms with Gasteiger partial charge in [-0.1, -0.05) is 69.9 Å². The van der Waals surface area contributed by atoms with Crippen LogP contribution in [0.15, 0.2) is 60.7 Å². The van der Waals surface area contributed by atoms with Gasteiger partial charge >= 0.3 is 16.4 Å². The number of halogens is 2. The van der Waals surface area contributed by atoms with E-state index in [1.54, 1.807) is 23.5 Å². The number of thioether (sulfide) groups is 2. The van der Waals surface area contributed by atoms with Crippen LogP contribution in [0.2, 0.25) is 0 Å². The lowest BCUT2D eigenvalue weighted by atomic mass is 10.2. The van der Waals surface area contributed by atoms with E-state index in [0.717, 1.165) is 11.1 Å². The Hall–Kier alpha value is -1.94. The van der Waals surface area contributed by atoms with Gasteiger partial charge in [-0.3, -0.25) is 14.1 Å². The lowest BCUT2D eigenvalue weighted by Gasteiger charge is -2.21. The second-order valence-electron chi connectivity index (χ2n) is 8.54. The van der Waals surface area contributed by atoms with Gasteiger partial charge in [-0.2, -0.15) is 0 Å². The molecule has 2 fully saturated rings. The molecule has 0 spiro atoms. The molecule has 0 saturated heterocycles. The van der Waals surface area contributed by atoms with Crippen molar-refractivity contribution in [3.8, 4) is 0 Å². The zero-order chi connectivity index (χ0) is 28.8. The quantitative estimate of drug-likeness (QED) is 0.141. The summed E-state index contributed by atoms with van der Waals surface area (Å²) in [5.41, 5.74) is 1.90. The number of carbonyl (C=O) groups is 1. The number of hydrogen-bond acceptors (Lipinski definition) is 7. The van der Waals surface area contributed by atoms with Gasteiger partial charge in [-0.05, 0) is 77.8 Å². The van der Waals surface area contributed by atoms with E-state index in [1.807, 2.05) is 60.7 Å². The van der Waals surface area contributed by atoms with E-state index in [1.165, 1.54) is 51.4 Å². The average Bonchev–Trinajstić information content (AvgIpc) is 3.59. The van der Waals surface area contributed by atoms with Crippen LogP contribution < -0.4 is 0 Å². The van der Waals surface area contributed by atoms with E-state index >= 15 is 0 Å². The van der Waals surface area contributed by atoms with Crippen molar-refractivity contribution in [3.05, 3.63) is 71.8 Å². The van der Waals surface area contributed by atoms with Crippen molar-refractivity contribution >= 4 is 60.2 Å². The molecular formula is C25H32F2O8S4+2. The van der Waals surface area contributed by atoms with E-state index in [2.05, 4.69) is 25.4 Å². The number of carboxylic acid groups (broad SMARTS) is 1. The Morgan fingerprint density at radius 1 is 0.821 bits per heavy atom. The third-order valence-electron chi connectivity index (χ3n) is 5.45. The molecule has 14 heteroatoms. The molecule has 0 heterocycles. The van der Waals surface area contributed by atoms with Crippen LogP contribution in [-0.4, -0.2) is 46.1 Å². The molecular weight excluding hydrogens is 595 g/mol. The number of benzene rings is 2. The molecule has 39 heavy (non-hydrogen) atoms. The van der Waals surface area contributed by atoms with Crippen molar-refractivity contribution in [2.45, 2.75) is 61.9 Å². The number of rotatable bonds is 7. The second-order valence-corrected chi connectivity index (χ2v) is 14.2. The van der Waals surface area contributed by atoms with Crippen LogP contribution >= 0.6 is 23.5 Å². The fourth-order valence-corrected chi connectivity index (χ4v) is 6.21. The maximum Gasteiger partial charge on any atom is 0.540 e. The van der Waals surface area contributed by atoms with E-state index < -0.39 is 15.2 Å². The van der Waals surface area contributed by atoms with Crippen molar-refractivity contribution in [2.75, 3.05) is 0 Å². The first kappa shape index (κ1) is 33.3. The Balaban J connectivity index is 0.000000208. The Morgan fingerprint density at radius 2 is 1.18 bits per heavy atom. The summed E-state index contributed by atoms with van der Waals surface area (Å²) in [6.07, 6.45) is 8.27. The zero-order valence-corrected chi connectivity index (χ0v) is 24.2. The molecule has 4 N–H and O–H groups in total. The van der Waals surface area contributed by atoms with Gasteiger partial charge < -0.3 is 5.11 Å². The van der Waals surface area contributed by atoms with Crippen LogP contribution in [-0.2, 0) is 34.5 Å². The first-order valence-corrected chi connectivity index (χ1v) is 16.5. The molecule has 0 amide bonds. The summed E-state index contributed by atoms with van der Waals surface area (Å²) in [6.45, 7) is 0. The van der Waals surface area contributed by atoms with Crippen molar-refractivity contribution in [1.82, 2.24) is 0 Å². The van der Waals surface area contributed by atoms with Gasteiger partial charge in [0.25, 0.3) is 0 Å². The highest BCUT2D eigenvalue weighted by atomic mass is 32.9.